The summed E-state index contributed by atoms with van der Waals surface area (Å²) in [6.07, 6.45) is 0. The number of nitriles is 1. The van der Waals surface area contributed by atoms with Crippen LogP contribution in [0.25, 0.3) is 0 Å². The average molecular weight is 266 g/mol. The first-order valence-corrected chi connectivity index (χ1v) is 6.51. The van der Waals surface area contributed by atoms with Gasteiger partial charge in [0.2, 0.25) is 0 Å². The Morgan fingerprint density at radius 2 is 1.80 bits per heavy atom. The highest BCUT2D eigenvalue weighted by Gasteiger charge is 2.11. The molecule has 0 bridgehead atoms. The number of rotatable bonds is 4. The number of aryl methyl sites for hydroxylation is 2. The lowest BCUT2D eigenvalue weighted by atomic mass is 10.0. The van der Waals surface area contributed by atoms with Crippen LogP contribution in [-0.4, -0.2) is 7.11 Å². The van der Waals surface area contributed by atoms with Crippen LogP contribution in [0.15, 0.2) is 42.5 Å². The Morgan fingerprint density at radius 3 is 2.35 bits per heavy atom. The second kappa shape index (κ2) is 6.12. The molecule has 1 unspecified atom stereocenters. The molecule has 0 aromatic heterocycles. The van der Waals surface area contributed by atoms with Gasteiger partial charge in [-0.25, -0.2) is 0 Å². The van der Waals surface area contributed by atoms with Crippen molar-refractivity contribution in [2.45, 2.75) is 19.9 Å². The number of hydrogen-bond donors (Lipinski definition) is 1. The summed E-state index contributed by atoms with van der Waals surface area (Å²) in [7, 11) is 1.65. The molecule has 102 valence electrons. The third-order valence-corrected chi connectivity index (χ3v) is 3.24. The zero-order chi connectivity index (χ0) is 14.5. The topological polar surface area (TPSA) is 45.0 Å². The van der Waals surface area contributed by atoms with Crippen molar-refractivity contribution in [1.29, 1.82) is 5.26 Å². The van der Waals surface area contributed by atoms with E-state index in [4.69, 9.17) is 4.74 Å². The van der Waals surface area contributed by atoms with Crippen molar-refractivity contribution in [3.8, 4) is 11.8 Å². The molecule has 2 aromatic carbocycles. The molecule has 3 heteroatoms. The Morgan fingerprint density at radius 1 is 1.10 bits per heavy atom. The summed E-state index contributed by atoms with van der Waals surface area (Å²) in [6.45, 7) is 4.01. The van der Waals surface area contributed by atoms with E-state index in [0.717, 1.165) is 22.6 Å². The van der Waals surface area contributed by atoms with Gasteiger partial charge in [-0.1, -0.05) is 23.8 Å². The van der Waals surface area contributed by atoms with E-state index < -0.39 is 0 Å². The molecule has 0 aliphatic heterocycles. The lowest BCUT2D eigenvalue weighted by Crippen LogP contribution is -2.08. The number of ether oxygens (including phenoxy) is 1. The van der Waals surface area contributed by atoms with Gasteiger partial charge in [-0.15, -0.1) is 0 Å². The molecule has 1 atom stereocenters. The number of anilines is 1. The molecule has 20 heavy (non-hydrogen) atoms. The van der Waals surface area contributed by atoms with Crippen LogP contribution in [0.5, 0.6) is 5.75 Å². The quantitative estimate of drug-likeness (QED) is 0.910. The van der Waals surface area contributed by atoms with Crippen LogP contribution >= 0.6 is 0 Å². The molecule has 0 saturated heterocycles. The third kappa shape index (κ3) is 3.10. The van der Waals surface area contributed by atoms with Gasteiger partial charge in [0.05, 0.1) is 13.2 Å². The van der Waals surface area contributed by atoms with Crippen molar-refractivity contribution in [2.75, 3.05) is 12.4 Å². The monoisotopic (exact) mass is 266 g/mol. The third-order valence-electron chi connectivity index (χ3n) is 3.24. The van der Waals surface area contributed by atoms with Crippen molar-refractivity contribution in [1.82, 2.24) is 0 Å². The molecule has 0 amide bonds. The summed E-state index contributed by atoms with van der Waals surface area (Å²) in [6, 6.07) is 15.7. The smallest absolute Gasteiger partial charge is 0.140 e. The summed E-state index contributed by atoms with van der Waals surface area (Å²) < 4.78 is 5.24. The normalized spacial score (nSPS) is 11.5. The fourth-order valence-corrected chi connectivity index (χ4v) is 2.09. The summed E-state index contributed by atoms with van der Waals surface area (Å²) in [5.41, 5.74) is 4.10. The van der Waals surface area contributed by atoms with Crippen molar-refractivity contribution < 1.29 is 4.74 Å². The van der Waals surface area contributed by atoms with E-state index >= 15 is 0 Å². The van der Waals surface area contributed by atoms with E-state index in [0.29, 0.717) is 0 Å². The number of hydrogen-bond acceptors (Lipinski definition) is 3. The molecule has 0 aliphatic carbocycles. The standard InChI is InChI=1S/C17H18N2O/c1-12-4-7-15(8-5-12)19-16(11-18)14-6-9-17(20-3)13(2)10-14/h4-10,16,19H,1-3H3. The highest BCUT2D eigenvalue weighted by molar-refractivity contribution is 5.49. The minimum absolute atomic E-state index is 0.373. The van der Waals surface area contributed by atoms with E-state index in [1.54, 1.807) is 7.11 Å². The van der Waals surface area contributed by atoms with Gasteiger partial charge in [0.1, 0.15) is 11.8 Å². The van der Waals surface area contributed by atoms with Gasteiger partial charge in [-0.05, 0) is 49.2 Å². The van der Waals surface area contributed by atoms with Crippen molar-refractivity contribution >= 4 is 5.69 Å². The molecule has 0 spiro atoms. The minimum Gasteiger partial charge on any atom is -0.496 e. The van der Waals surface area contributed by atoms with Gasteiger partial charge >= 0.3 is 0 Å². The van der Waals surface area contributed by atoms with Gasteiger partial charge in [-0.2, -0.15) is 5.26 Å². The number of methoxy groups -OCH3 is 1. The SMILES string of the molecule is COc1ccc(C(C#N)Nc2ccc(C)cc2)cc1C. The largest absolute Gasteiger partial charge is 0.496 e. The maximum atomic E-state index is 9.37. The van der Waals surface area contributed by atoms with Gasteiger partial charge in [-0.3, -0.25) is 0 Å². The van der Waals surface area contributed by atoms with Gasteiger partial charge < -0.3 is 10.1 Å². The lowest BCUT2D eigenvalue weighted by Gasteiger charge is -2.15. The van der Waals surface area contributed by atoms with Crippen LogP contribution in [-0.2, 0) is 0 Å². The van der Waals surface area contributed by atoms with Crippen molar-refractivity contribution in [2.24, 2.45) is 0 Å². The summed E-state index contributed by atoms with van der Waals surface area (Å²) >= 11 is 0. The van der Waals surface area contributed by atoms with Crippen LogP contribution in [0, 0.1) is 25.2 Å². The van der Waals surface area contributed by atoms with Crippen molar-refractivity contribution in [3.05, 3.63) is 59.2 Å². The van der Waals surface area contributed by atoms with E-state index in [2.05, 4.69) is 11.4 Å². The van der Waals surface area contributed by atoms with Crippen LogP contribution < -0.4 is 10.1 Å². The molecule has 2 rings (SSSR count). The van der Waals surface area contributed by atoms with E-state index in [9.17, 15) is 5.26 Å². The molecule has 0 fully saturated rings. The minimum atomic E-state index is -0.373. The highest BCUT2D eigenvalue weighted by atomic mass is 16.5. The first-order valence-electron chi connectivity index (χ1n) is 6.51. The lowest BCUT2D eigenvalue weighted by molar-refractivity contribution is 0.411. The predicted octanol–water partition coefficient (Wildman–Crippen LogP) is 3.99. The second-order valence-corrected chi connectivity index (χ2v) is 4.80. The molecule has 0 radical (unpaired) electrons. The Labute approximate surface area is 119 Å². The van der Waals surface area contributed by atoms with Gasteiger partial charge in [0.15, 0.2) is 0 Å². The molecule has 3 nitrogen and oxygen atoms in total. The number of benzene rings is 2. The Hall–Kier alpha value is -2.47. The average Bonchev–Trinajstić information content (AvgIpc) is 2.46. The van der Waals surface area contributed by atoms with Gasteiger partial charge in [0, 0.05) is 5.69 Å². The van der Waals surface area contributed by atoms with Crippen LogP contribution in [0.2, 0.25) is 0 Å². The zero-order valence-electron chi connectivity index (χ0n) is 12.0. The van der Waals surface area contributed by atoms with E-state index in [1.807, 2.05) is 56.3 Å². The maximum absolute atomic E-state index is 9.37. The molecule has 2 aromatic rings. The molecule has 0 heterocycles. The molecular weight excluding hydrogens is 248 g/mol. The van der Waals surface area contributed by atoms with E-state index in [-0.39, 0.29) is 6.04 Å². The summed E-state index contributed by atoms with van der Waals surface area (Å²) in [5, 5.41) is 12.6. The zero-order valence-corrected chi connectivity index (χ0v) is 12.0. The molecular formula is C17H18N2O. The molecule has 1 N–H and O–H groups in total. The number of nitrogens with one attached hydrogen (secondary N) is 1. The Kier molecular flexibility index (Phi) is 4.27. The highest BCUT2D eigenvalue weighted by Crippen LogP contribution is 2.25. The first-order chi connectivity index (χ1) is 9.63. The van der Waals surface area contributed by atoms with Gasteiger partial charge in [0.25, 0.3) is 0 Å². The molecule has 0 saturated carbocycles. The molecule has 0 aliphatic rings. The summed E-state index contributed by atoms with van der Waals surface area (Å²) in [5.74, 6) is 0.834. The maximum Gasteiger partial charge on any atom is 0.140 e. The first kappa shape index (κ1) is 14.0. The van der Waals surface area contributed by atoms with Crippen LogP contribution in [0.4, 0.5) is 5.69 Å². The van der Waals surface area contributed by atoms with Crippen LogP contribution in [0.1, 0.15) is 22.7 Å². The van der Waals surface area contributed by atoms with Crippen molar-refractivity contribution in [3.63, 3.8) is 0 Å². The van der Waals surface area contributed by atoms with E-state index in [1.165, 1.54) is 5.56 Å². The Balaban J connectivity index is 2.22. The number of nitrogens with zero attached hydrogens (tertiary/aromatic N) is 1. The fourth-order valence-electron chi connectivity index (χ4n) is 2.09. The van der Waals surface area contributed by atoms with Crippen LogP contribution in [0.3, 0.4) is 0 Å². The summed E-state index contributed by atoms with van der Waals surface area (Å²) in [4.78, 5) is 0. The Bertz CT molecular complexity index is 626. The second-order valence-electron chi connectivity index (χ2n) is 4.80. The predicted molar refractivity (Wildman–Crippen MR) is 80.9 cm³/mol. The fraction of sp³-hybridized carbons (Fsp3) is 0.235.